The topological polar surface area (TPSA) is 54.3 Å². The number of amides is 2. The number of para-hydroxylation sites is 1. The largest absolute Gasteiger partial charge is 0.359 e. The molecule has 0 saturated carbocycles. The molecule has 2 aromatic carbocycles. The lowest BCUT2D eigenvalue weighted by molar-refractivity contribution is -0.900. The molecule has 1 saturated heterocycles. The van der Waals surface area contributed by atoms with E-state index in [0.29, 0.717) is 17.7 Å². The van der Waals surface area contributed by atoms with Gasteiger partial charge in [0.1, 0.15) is 0 Å². The number of hydroxylamine groups is 2. The van der Waals surface area contributed by atoms with Gasteiger partial charge in [0.15, 0.2) is 0 Å². The van der Waals surface area contributed by atoms with Crippen molar-refractivity contribution < 1.29 is 19.3 Å². The summed E-state index contributed by atoms with van der Waals surface area (Å²) in [6.07, 6.45) is 0.787. The van der Waals surface area contributed by atoms with Crippen LogP contribution in [0.4, 0.5) is 5.69 Å². The predicted molar refractivity (Wildman–Crippen MR) is 107 cm³/mol. The van der Waals surface area contributed by atoms with Gasteiger partial charge in [-0.3, -0.25) is 14.4 Å². The van der Waals surface area contributed by atoms with E-state index in [9.17, 15) is 9.59 Å². The third-order valence-corrected chi connectivity index (χ3v) is 5.64. The summed E-state index contributed by atoms with van der Waals surface area (Å²) >= 11 is 6.29. The summed E-state index contributed by atoms with van der Waals surface area (Å²) in [4.78, 5) is 33.8. The average Bonchev–Trinajstić information content (AvgIpc) is 2.97. The third-order valence-electron chi connectivity index (χ3n) is 5.32. The van der Waals surface area contributed by atoms with E-state index in [4.69, 9.17) is 16.4 Å². The molecule has 4 rings (SSSR count). The number of hydrogen-bond donors (Lipinski definition) is 1. The van der Waals surface area contributed by atoms with Crippen LogP contribution in [0, 0.1) is 0 Å². The number of anilines is 1. The summed E-state index contributed by atoms with van der Waals surface area (Å²) < 4.78 is 0. The van der Waals surface area contributed by atoms with Crippen molar-refractivity contribution in [3.63, 3.8) is 0 Å². The maximum atomic E-state index is 12.3. The summed E-state index contributed by atoms with van der Waals surface area (Å²) in [6.45, 7) is 5.26. The van der Waals surface area contributed by atoms with E-state index < -0.39 is 0 Å². The van der Waals surface area contributed by atoms with Gasteiger partial charge >= 0.3 is 0 Å². The molecule has 2 heterocycles. The van der Waals surface area contributed by atoms with E-state index in [1.54, 1.807) is 24.3 Å². The number of rotatable bonds is 6. The van der Waals surface area contributed by atoms with Gasteiger partial charge < -0.3 is 9.80 Å². The Morgan fingerprint density at radius 2 is 1.54 bits per heavy atom. The molecular weight excluding hydrogens is 378 g/mol. The molecular formula is C21H23ClN3O3+. The number of fused-ring (bicyclic) bond motifs is 1. The van der Waals surface area contributed by atoms with Crippen molar-refractivity contribution in [1.82, 2.24) is 5.06 Å². The first-order valence-electron chi connectivity index (χ1n) is 9.59. The normalized spacial score (nSPS) is 17.3. The summed E-state index contributed by atoms with van der Waals surface area (Å²) in [6, 6.07) is 14.7. The fourth-order valence-electron chi connectivity index (χ4n) is 3.78. The fraction of sp³-hybridized carbons (Fsp3) is 0.333. The molecule has 0 bridgehead atoms. The predicted octanol–water partition coefficient (Wildman–Crippen LogP) is 1.66. The minimum absolute atomic E-state index is 0.350. The number of carbonyl (C=O) groups is 2. The number of benzene rings is 2. The Bertz CT molecular complexity index is 846. The SMILES string of the molecule is O=C1c2ccccc2C(=O)N1OCCC[NH+]1CCN(c2ccccc2Cl)CC1. The lowest BCUT2D eigenvalue weighted by Gasteiger charge is -2.34. The number of halogens is 1. The maximum absolute atomic E-state index is 12.3. The Hall–Kier alpha value is -2.41. The first-order chi connectivity index (χ1) is 13.6. The van der Waals surface area contributed by atoms with Crippen molar-refractivity contribution in [2.24, 2.45) is 0 Å². The number of quaternary nitrogens is 1. The van der Waals surface area contributed by atoms with Crippen molar-refractivity contribution in [3.8, 4) is 0 Å². The fourth-order valence-corrected chi connectivity index (χ4v) is 4.04. The van der Waals surface area contributed by atoms with E-state index in [1.165, 1.54) is 4.90 Å². The van der Waals surface area contributed by atoms with Crippen molar-refractivity contribution in [2.45, 2.75) is 6.42 Å². The number of nitrogens with zero attached hydrogens (tertiary/aromatic N) is 2. The average molecular weight is 401 g/mol. The van der Waals surface area contributed by atoms with Gasteiger partial charge in [0.25, 0.3) is 11.8 Å². The Labute approximate surface area is 169 Å². The molecule has 1 fully saturated rings. The van der Waals surface area contributed by atoms with Crippen molar-refractivity contribution in [1.29, 1.82) is 0 Å². The molecule has 146 valence electrons. The standard InChI is InChI=1S/C21H22ClN3O3/c22-18-8-3-4-9-19(18)24-13-11-23(12-14-24)10-5-15-28-25-20(26)16-6-1-2-7-17(16)21(25)27/h1-4,6-9H,5,10-15H2/p+1. The third kappa shape index (κ3) is 3.76. The van der Waals surface area contributed by atoms with Crippen LogP contribution in [0.1, 0.15) is 27.1 Å². The lowest BCUT2D eigenvalue weighted by atomic mass is 10.1. The number of piperazine rings is 1. The minimum atomic E-state index is -0.374. The van der Waals surface area contributed by atoms with Crippen LogP contribution in [0.15, 0.2) is 48.5 Å². The zero-order valence-electron chi connectivity index (χ0n) is 15.6. The highest BCUT2D eigenvalue weighted by Gasteiger charge is 2.36. The second-order valence-corrected chi connectivity index (χ2v) is 7.48. The molecule has 2 aliphatic heterocycles. The second kappa shape index (κ2) is 8.31. The second-order valence-electron chi connectivity index (χ2n) is 7.08. The molecule has 0 unspecified atom stereocenters. The van der Waals surface area contributed by atoms with Crippen LogP contribution in [0.3, 0.4) is 0 Å². The highest BCUT2D eigenvalue weighted by molar-refractivity contribution is 6.33. The number of imide groups is 1. The van der Waals surface area contributed by atoms with Crippen LogP contribution in [-0.2, 0) is 4.84 Å². The zero-order valence-corrected chi connectivity index (χ0v) is 16.3. The molecule has 0 aliphatic carbocycles. The summed E-state index contributed by atoms with van der Waals surface area (Å²) in [5.74, 6) is -0.748. The maximum Gasteiger partial charge on any atom is 0.285 e. The molecule has 0 aromatic heterocycles. The van der Waals surface area contributed by atoms with Gasteiger partial charge in [-0.2, -0.15) is 0 Å². The monoisotopic (exact) mass is 400 g/mol. The van der Waals surface area contributed by atoms with E-state index in [0.717, 1.165) is 54.9 Å². The first kappa shape index (κ1) is 18.9. The Kier molecular flexibility index (Phi) is 5.62. The first-order valence-corrected chi connectivity index (χ1v) is 9.97. The van der Waals surface area contributed by atoms with Crippen molar-refractivity contribution in [2.75, 3.05) is 44.2 Å². The molecule has 7 heteroatoms. The summed E-state index contributed by atoms with van der Waals surface area (Å²) in [5.41, 5.74) is 1.92. The number of nitrogens with one attached hydrogen (secondary N) is 1. The summed E-state index contributed by atoms with van der Waals surface area (Å²) in [7, 11) is 0. The van der Waals surface area contributed by atoms with E-state index in [1.807, 2.05) is 18.2 Å². The smallest absolute Gasteiger partial charge is 0.285 e. The molecule has 28 heavy (non-hydrogen) atoms. The molecule has 2 aromatic rings. The van der Waals surface area contributed by atoms with Crippen LogP contribution in [0.5, 0.6) is 0 Å². The Balaban J connectivity index is 1.21. The van der Waals surface area contributed by atoms with Crippen molar-refractivity contribution >= 4 is 29.1 Å². The van der Waals surface area contributed by atoms with E-state index in [-0.39, 0.29) is 11.8 Å². The van der Waals surface area contributed by atoms with Gasteiger partial charge in [0, 0.05) is 6.42 Å². The highest BCUT2D eigenvalue weighted by atomic mass is 35.5. The zero-order chi connectivity index (χ0) is 19.5. The van der Waals surface area contributed by atoms with Crippen LogP contribution in [0.25, 0.3) is 0 Å². The Morgan fingerprint density at radius 1 is 0.929 bits per heavy atom. The molecule has 0 radical (unpaired) electrons. The molecule has 6 nitrogen and oxygen atoms in total. The quantitative estimate of drug-likeness (QED) is 0.592. The number of carbonyl (C=O) groups excluding carboxylic acids is 2. The van der Waals surface area contributed by atoms with Crippen molar-refractivity contribution in [3.05, 3.63) is 64.7 Å². The lowest BCUT2D eigenvalue weighted by Crippen LogP contribution is -3.14. The molecule has 0 spiro atoms. The summed E-state index contributed by atoms with van der Waals surface area (Å²) in [5, 5.41) is 1.69. The van der Waals surface area contributed by atoms with Crippen LogP contribution < -0.4 is 9.80 Å². The molecule has 2 aliphatic rings. The van der Waals surface area contributed by atoms with Gasteiger partial charge in [-0.25, -0.2) is 0 Å². The van der Waals surface area contributed by atoms with Gasteiger partial charge in [-0.05, 0) is 24.3 Å². The minimum Gasteiger partial charge on any atom is -0.359 e. The van der Waals surface area contributed by atoms with E-state index in [2.05, 4.69) is 11.0 Å². The van der Waals surface area contributed by atoms with Gasteiger partial charge in [0.05, 0.1) is 61.2 Å². The van der Waals surface area contributed by atoms with Gasteiger partial charge in [0.2, 0.25) is 0 Å². The molecule has 1 N–H and O–H groups in total. The Morgan fingerprint density at radius 3 is 2.18 bits per heavy atom. The van der Waals surface area contributed by atoms with Gasteiger partial charge in [-0.15, -0.1) is 5.06 Å². The molecule has 2 amide bonds. The van der Waals surface area contributed by atoms with Gasteiger partial charge in [-0.1, -0.05) is 35.9 Å². The highest BCUT2D eigenvalue weighted by Crippen LogP contribution is 2.25. The number of hydrogen-bond acceptors (Lipinski definition) is 4. The van der Waals surface area contributed by atoms with E-state index >= 15 is 0 Å². The molecule has 0 atom stereocenters. The van der Waals surface area contributed by atoms with Crippen LogP contribution in [0.2, 0.25) is 5.02 Å². The van der Waals surface area contributed by atoms with Crippen LogP contribution >= 0.6 is 11.6 Å². The van der Waals surface area contributed by atoms with Crippen LogP contribution in [-0.4, -0.2) is 56.2 Å².